The summed E-state index contributed by atoms with van der Waals surface area (Å²) in [5.41, 5.74) is 2.61. The minimum absolute atomic E-state index is 0.0686. The highest BCUT2D eigenvalue weighted by atomic mass is 32.9. The lowest BCUT2D eigenvalue weighted by Crippen LogP contribution is -2.48. The van der Waals surface area contributed by atoms with Crippen LogP contribution in [-0.4, -0.2) is 99.0 Å². The zero-order valence-corrected chi connectivity index (χ0v) is 38.9. The minimum Gasteiger partial charge on any atom is -0.494 e. The van der Waals surface area contributed by atoms with Gasteiger partial charge in [0.15, 0.2) is 11.5 Å². The van der Waals surface area contributed by atoms with Gasteiger partial charge in [-0.1, -0.05) is 83.4 Å². The molecule has 1 saturated heterocycles. The molecule has 1 aliphatic heterocycles. The maximum absolute atomic E-state index is 13.7. The van der Waals surface area contributed by atoms with Gasteiger partial charge >= 0.3 is 17.9 Å². The third-order valence-electron chi connectivity index (χ3n) is 10.5. The van der Waals surface area contributed by atoms with Crippen molar-refractivity contribution in [3.8, 4) is 27.7 Å². The van der Waals surface area contributed by atoms with E-state index >= 15 is 0 Å². The molecule has 17 heteroatoms. The third-order valence-corrected chi connectivity index (χ3v) is 13.4. The topological polar surface area (TPSA) is 156 Å². The molecule has 64 heavy (non-hydrogen) atoms. The number of ether oxygens (including phenoxy) is 5. The molecule has 5 rings (SSSR count). The van der Waals surface area contributed by atoms with Gasteiger partial charge in [0.05, 0.1) is 39.0 Å². The number of unbranched alkanes of at least 4 members (excludes halogenated alkanes) is 5. The highest BCUT2D eigenvalue weighted by Gasteiger charge is 2.26. The van der Waals surface area contributed by atoms with E-state index in [9.17, 15) is 24.5 Å². The molecule has 14 nitrogen and oxygen atoms in total. The molecule has 1 aromatic heterocycles. The van der Waals surface area contributed by atoms with Crippen molar-refractivity contribution in [1.82, 2.24) is 9.80 Å². The van der Waals surface area contributed by atoms with Crippen LogP contribution in [-0.2, 0) is 23.9 Å². The number of rotatable bonds is 27. The van der Waals surface area contributed by atoms with Gasteiger partial charge in [0.1, 0.15) is 15.7 Å². The van der Waals surface area contributed by atoms with Gasteiger partial charge in [0, 0.05) is 42.7 Å². The van der Waals surface area contributed by atoms with Crippen molar-refractivity contribution in [2.45, 2.75) is 70.8 Å². The van der Waals surface area contributed by atoms with Crippen molar-refractivity contribution in [2.24, 2.45) is 0 Å². The summed E-state index contributed by atoms with van der Waals surface area (Å²) in [6, 6.07) is 22.1. The molecule has 0 N–H and O–H groups in total. The van der Waals surface area contributed by atoms with Gasteiger partial charge in [-0.05, 0) is 111 Å². The summed E-state index contributed by atoms with van der Waals surface area (Å²) in [6.07, 6.45) is 9.54. The Labute approximate surface area is 387 Å². The van der Waals surface area contributed by atoms with E-state index in [0.717, 1.165) is 86.4 Å². The monoisotopic (exact) mass is 935 g/mol. The SMILES string of the molecule is CCCCC(OC(=O)CN1CCN(CCCCCCOc2ccc(-c3cc(=S)ss3)cc2)CC1)c1ccccc1C(=O)Oc1ccc(/C=C/C(=O)OCCCCO[N+](=O)[O-])cc1OC. The number of carbonyl (C=O) groups is 3. The first-order chi connectivity index (χ1) is 31.1. The molecule has 2 heterocycles. The molecule has 0 bridgehead atoms. The summed E-state index contributed by atoms with van der Waals surface area (Å²) < 4.78 is 29.5. The zero-order chi connectivity index (χ0) is 45.5. The molecule has 4 aromatic rings. The molecule has 1 unspecified atom stereocenters. The van der Waals surface area contributed by atoms with Crippen LogP contribution in [0.25, 0.3) is 16.5 Å². The van der Waals surface area contributed by atoms with Crippen LogP contribution < -0.4 is 14.2 Å². The predicted molar refractivity (Wildman–Crippen MR) is 250 cm³/mol. The van der Waals surface area contributed by atoms with Crippen LogP contribution in [0.2, 0.25) is 0 Å². The Kier molecular flexibility index (Phi) is 21.2. The highest BCUT2D eigenvalue weighted by molar-refractivity contribution is 7.80. The minimum atomic E-state index is -0.865. The lowest BCUT2D eigenvalue weighted by molar-refractivity contribution is -0.757. The molecule has 0 amide bonds. The Morgan fingerprint density at radius 2 is 1.58 bits per heavy atom. The number of esters is 3. The van der Waals surface area contributed by atoms with Gasteiger partial charge in [-0.2, -0.15) is 0 Å². The maximum Gasteiger partial charge on any atom is 0.344 e. The first-order valence-corrected chi connectivity index (χ1v) is 24.3. The summed E-state index contributed by atoms with van der Waals surface area (Å²) in [5.74, 6) is -0.220. The average molecular weight is 936 g/mol. The Morgan fingerprint density at radius 3 is 2.31 bits per heavy atom. The van der Waals surface area contributed by atoms with Crippen molar-refractivity contribution >= 4 is 56.9 Å². The van der Waals surface area contributed by atoms with Gasteiger partial charge in [0.25, 0.3) is 5.09 Å². The summed E-state index contributed by atoms with van der Waals surface area (Å²) >= 11 is 5.25. The number of carbonyl (C=O) groups excluding carboxylic acids is 3. The predicted octanol–water partition coefficient (Wildman–Crippen LogP) is 10.0. The van der Waals surface area contributed by atoms with E-state index in [1.54, 1.807) is 57.1 Å². The van der Waals surface area contributed by atoms with E-state index < -0.39 is 23.1 Å². The molecule has 1 atom stereocenters. The van der Waals surface area contributed by atoms with E-state index in [1.165, 1.54) is 24.1 Å². The molecule has 0 spiro atoms. The summed E-state index contributed by atoms with van der Waals surface area (Å²) in [7, 11) is 4.76. The van der Waals surface area contributed by atoms with Crippen LogP contribution in [0.4, 0.5) is 0 Å². The van der Waals surface area contributed by atoms with Crippen molar-refractivity contribution < 1.29 is 48.0 Å². The number of piperazine rings is 1. The fourth-order valence-electron chi connectivity index (χ4n) is 7.01. The van der Waals surface area contributed by atoms with Gasteiger partial charge in [0.2, 0.25) is 0 Å². The van der Waals surface area contributed by atoms with Gasteiger partial charge < -0.3 is 33.4 Å². The molecule has 1 aliphatic rings. The molecule has 0 aliphatic carbocycles. The van der Waals surface area contributed by atoms with E-state index in [1.807, 2.05) is 24.3 Å². The second-order valence-corrected chi connectivity index (χ2v) is 18.1. The molecular formula is C47H57N3O11S3. The van der Waals surface area contributed by atoms with E-state index in [2.05, 4.69) is 33.7 Å². The summed E-state index contributed by atoms with van der Waals surface area (Å²) in [4.78, 5) is 59.5. The fourth-order valence-corrected chi connectivity index (χ4v) is 9.41. The van der Waals surface area contributed by atoms with Crippen LogP contribution in [0.5, 0.6) is 17.2 Å². The van der Waals surface area contributed by atoms with E-state index in [-0.39, 0.29) is 42.8 Å². The van der Waals surface area contributed by atoms with Crippen LogP contribution in [0.15, 0.2) is 78.9 Å². The van der Waals surface area contributed by atoms with Crippen molar-refractivity contribution in [2.75, 3.05) is 66.2 Å². The third kappa shape index (κ3) is 17.1. The Hall–Kier alpha value is -5.20. The van der Waals surface area contributed by atoms with Crippen molar-refractivity contribution in [3.05, 3.63) is 110 Å². The standard InChI is InChI=1S/C47H57N3O11S3/c1-3-4-15-40(38-13-7-8-14-39(38)47(53)61-41-22-16-35(32-42(41)56-2)17-23-44(51)58-30-11-12-31-59-50(54)55)60-45(52)34-49-27-25-48(26-28-49)24-9-5-6-10-29-57-37-20-18-36(19-21-37)43-33-46(62)64-63-43/h7-8,13-14,16-23,32-33,40H,3-6,9-12,15,24-31,34H2,1-2H3/b23-17+. The smallest absolute Gasteiger partial charge is 0.344 e. The van der Waals surface area contributed by atoms with E-state index in [4.69, 9.17) is 35.9 Å². The van der Waals surface area contributed by atoms with Crippen LogP contribution in [0.1, 0.15) is 92.3 Å². The van der Waals surface area contributed by atoms with Crippen molar-refractivity contribution in [3.63, 3.8) is 0 Å². The zero-order valence-electron chi connectivity index (χ0n) is 36.4. The average Bonchev–Trinajstić information content (AvgIpc) is 3.74. The second kappa shape index (κ2) is 27.2. The lowest BCUT2D eigenvalue weighted by atomic mass is 9.98. The molecule has 0 saturated carbocycles. The van der Waals surface area contributed by atoms with Crippen molar-refractivity contribution in [1.29, 1.82) is 0 Å². The van der Waals surface area contributed by atoms with Crippen LogP contribution in [0.3, 0.4) is 0 Å². The van der Waals surface area contributed by atoms with Gasteiger partial charge in [-0.25, -0.2) is 9.59 Å². The quantitative estimate of drug-likeness (QED) is 0.00813. The summed E-state index contributed by atoms with van der Waals surface area (Å²) in [5, 5.41) is 9.35. The van der Waals surface area contributed by atoms with Gasteiger partial charge in [-0.3, -0.25) is 9.69 Å². The fraction of sp³-hybridized carbons (Fsp3) is 0.447. The molecule has 1 fully saturated rings. The Bertz CT molecular complexity index is 2190. The van der Waals surface area contributed by atoms with Gasteiger partial charge in [-0.15, -0.1) is 10.1 Å². The number of hydrogen-bond acceptors (Lipinski definition) is 16. The molecule has 344 valence electrons. The first-order valence-electron chi connectivity index (χ1n) is 21.7. The molecular weight excluding hydrogens is 879 g/mol. The summed E-state index contributed by atoms with van der Waals surface area (Å²) in [6.45, 7) is 7.32. The molecule has 0 radical (unpaired) electrons. The maximum atomic E-state index is 13.7. The number of methoxy groups -OCH3 is 1. The second-order valence-electron chi connectivity index (χ2n) is 15.2. The van der Waals surface area contributed by atoms with E-state index in [0.29, 0.717) is 37.0 Å². The first kappa shape index (κ1) is 49.8. The number of hydrogen-bond donors (Lipinski definition) is 0. The Morgan fingerprint density at radius 1 is 0.844 bits per heavy atom. The largest absolute Gasteiger partial charge is 0.494 e. The lowest BCUT2D eigenvalue weighted by Gasteiger charge is -2.34. The normalized spacial score (nSPS) is 13.6. The highest BCUT2D eigenvalue weighted by Crippen LogP contribution is 2.33. The molecule has 3 aromatic carbocycles. The van der Waals surface area contributed by atoms with Crippen LogP contribution >= 0.6 is 32.9 Å². The Balaban J connectivity index is 1.03. The van der Waals surface area contributed by atoms with Crippen LogP contribution in [0, 0.1) is 13.9 Å². The number of nitrogens with zero attached hydrogens (tertiary/aromatic N) is 3. The number of benzene rings is 3.